The number of benzene rings is 1. The molecule has 26 heavy (non-hydrogen) atoms. The van der Waals surface area contributed by atoms with Gasteiger partial charge in [-0.2, -0.15) is 13.2 Å². The van der Waals surface area contributed by atoms with Gasteiger partial charge in [0, 0.05) is 12.1 Å². The molecule has 1 aromatic carbocycles. The lowest BCUT2D eigenvalue weighted by atomic mass is 10.1. The van der Waals surface area contributed by atoms with E-state index in [9.17, 15) is 13.2 Å². The number of rotatable bonds is 2. The normalized spacial score (nSPS) is 10.8. The van der Waals surface area contributed by atoms with Gasteiger partial charge in [-0.05, 0) is 35.9 Å². The van der Waals surface area contributed by atoms with E-state index in [-0.39, 0.29) is 0 Å². The zero-order valence-corrected chi connectivity index (χ0v) is 15.4. The highest BCUT2D eigenvalue weighted by molar-refractivity contribution is 6.32. The standard InChI is InChI=1S/C13H9ClF3N.C5H3Cl2N/c14-12-6-2-5-11(18-12)8-9-3-1-4-10(7-9)13(15,16)17;6-4-2-1-3-5(7)8-4/h1-7H,8H2;1-3H. The van der Waals surface area contributed by atoms with Crippen LogP contribution in [0.1, 0.15) is 16.8 Å². The summed E-state index contributed by atoms with van der Waals surface area (Å²) in [6.45, 7) is 0. The minimum Gasteiger partial charge on any atom is -0.241 e. The molecular weight excluding hydrogens is 408 g/mol. The molecule has 0 atom stereocenters. The van der Waals surface area contributed by atoms with E-state index in [1.165, 1.54) is 6.07 Å². The second kappa shape index (κ2) is 9.21. The van der Waals surface area contributed by atoms with Gasteiger partial charge in [-0.15, -0.1) is 0 Å². The van der Waals surface area contributed by atoms with E-state index in [0.29, 0.717) is 33.1 Å². The quantitative estimate of drug-likeness (QED) is 0.430. The van der Waals surface area contributed by atoms with E-state index in [1.54, 1.807) is 42.5 Å². The summed E-state index contributed by atoms with van der Waals surface area (Å²) in [6.07, 6.45) is -4.00. The van der Waals surface area contributed by atoms with Crippen molar-refractivity contribution in [1.82, 2.24) is 9.97 Å². The second-order valence-electron chi connectivity index (χ2n) is 5.11. The van der Waals surface area contributed by atoms with Crippen molar-refractivity contribution >= 4 is 34.8 Å². The van der Waals surface area contributed by atoms with Gasteiger partial charge in [-0.3, -0.25) is 0 Å². The van der Waals surface area contributed by atoms with Gasteiger partial charge in [-0.25, -0.2) is 9.97 Å². The zero-order chi connectivity index (χ0) is 19.2. The van der Waals surface area contributed by atoms with Crippen molar-refractivity contribution in [2.45, 2.75) is 12.6 Å². The Morgan fingerprint density at radius 1 is 0.731 bits per heavy atom. The molecule has 0 N–H and O–H groups in total. The Morgan fingerprint density at radius 3 is 1.77 bits per heavy atom. The van der Waals surface area contributed by atoms with E-state index in [2.05, 4.69) is 9.97 Å². The molecule has 0 aliphatic heterocycles. The maximum Gasteiger partial charge on any atom is 0.416 e. The minimum atomic E-state index is -4.32. The fraction of sp³-hybridized carbons (Fsp3) is 0.111. The lowest BCUT2D eigenvalue weighted by molar-refractivity contribution is -0.137. The van der Waals surface area contributed by atoms with Gasteiger partial charge in [0.15, 0.2) is 0 Å². The highest BCUT2D eigenvalue weighted by atomic mass is 35.5. The van der Waals surface area contributed by atoms with Crippen molar-refractivity contribution in [2.24, 2.45) is 0 Å². The van der Waals surface area contributed by atoms with Gasteiger partial charge in [0.1, 0.15) is 15.5 Å². The number of nitrogens with zero attached hydrogens (tertiary/aromatic N) is 2. The molecule has 136 valence electrons. The predicted octanol–water partition coefficient (Wildman–Crippen LogP) is 6.73. The molecule has 0 saturated carbocycles. The number of aromatic nitrogens is 2. The first-order valence-electron chi connectivity index (χ1n) is 7.29. The molecule has 3 rings (SSSR count). The molecule has 0 aliphatic carbocycles. The van der Waals surface area contributed by atoms with Crippen LogP contribution >= 0.6 is 34.8 Å². The van der Waals surface area contributed by atoms with Crippen LogP contribution < -0.4 is 0 Å². The molecular formula is C18H12Cl3F3N2. The van der Waals surface area contributed by atoms with Crippen LogP contribution in [0.2, 0.25) is 15.5 Å². The maximum atomic E-state index is 12.5. The van der Waals surface area contributed by atoms with Crippen molar-refractivity contribution < 1.29 is 13.2 Å². The second-order valence-corrected chi connectivity index (χ2v) is 6.27. The zero-order valence-electron chi connectivity index (χ0n) is 13.1. The molecule has 0 saturated heterocycles. The Morgan fingerprint density at radius 2 is 1.27 bits per heavy atom. The van der Waals surface area contributed by atoms with E-state index in [0.717, 1.165) is 12.1 Å². The Balaban J connectivity index is 0.000000254. The molecule has 0 radical (unpaired) electrons. The van der Waals surface area contributed by atoms with Gasteiger partial charge < -0.3 is 0 Å². The topological polar surface area (TPSA) is 25.8 Å². The third-order valence-electron chi connectivity index (χ3n) is 3.09. The highest BCUT2D eigenvalue weighted by Gasteiger charge is 2.30. The van der Waals surface area contributed by atoms with E-state index >= 15 is 0 Å². The van der Waals surface area contributed by atoms with Crippen LogP contribution in [0.5, 0.6) is 0 Å². The third kappa shape index (κ3) is 6.83. The minimum absolute atomic E-state index is 0.324. The predicted molar refractivity (Wildman–Crippen MR) is 97.8 cm³/mol. The summed E-state index contributed by atoms with van der Waals surface area (Å²) in [5.74, 6) is 0. The van der Waals surface area contributed by atoms with Crippen LogP contribution in [0.4, 0.5) is 13.2 Å². The first-order valence-corrected chi connectivity index (χ1v) is 8.43. The number of hydrogen-bond donors (Lipinski definition) is 0. The molecule has 0 aliphatic rings. The molecule has 2 nitrogen and oxygen atoms in total. The Hall–Kier alpha value is -1.82. The van der Waals surface area contributed by atoms with Crippen molar-refractivity contribution in [2.75, 3.05) is 0 Å². The van der Waals surface area contributed by atoms with Crippen LogP contribution in [0.3, 0.4) is 0 Å². The summed E-state index contributed by atoms with van der Waals surface area (Å²) in [4.78, 5) is 7.75. The van der Waals surface area contributed by atoms with E-state index in [4.69, 9.17) is 34.8 Å². The fourth-order valence-corrected chi connectivity index (χ4v) is 2.55. The molecule has 0 fully saturated rings. The number of alkyl halides is 3. The summed E-state index contributed by atoms with van der Waals surface area (Å²) in [5, 5.41) is 1.19. The highest BCUT2D eigenvalue weighted by Crippen LogP contribution is 2.29. The summed E-state index contributed by atoms with van der Waals surface area (Å²) in [5.41, 5.74) is 0.545. The number of pyridine rings is 2. The van der Waals surface area contributed by atoms with Gasteiger partial charge >= 0.3 is 6.18 Å². The van der Waals surface area contributed by atoms with E-state index in [1.807, 2.05) is 0 Å². The molecule has 2 aromatic heterocycles. The van der Waals surface area contributed by atoms with Crippen LogP contribution in [0.15, 0.2) is 60.7 Å². The molecule has 3 aromatic rings. The lowest BCUT2D eigenvalue weighted by Crippen LogP contribution is -2.05. The van der Waals surface area contributed by atoms with Crippen LogP contribution in [-0.4, -0.2) is 9.97 Å². The maximum absolute atomic E-state index is 12.5. The monoisotopic (exact) mass is 418 g/mol. The third-order valence-corrected chi connectivity index (χ3v) is 3.72. The largest absolute Gasteiger partial charge is 0.416 e. The summed E-state index contributed by atoms with van der Waals surface area (Å²) in [7, 11) is 0. The Labute approximate surface area is 163 Å². The fourth-order valence-electron chi connectivity index (χ4n) is 2.00. The van der Waals surface area contributed by atoms with Crippen molar-refractivity contribution in [1.29, 1.82) is 0 Å². The number of hydrogen-bond acceptors (Lipinski definition) is 2. The van der Waals surface area contributed by atoms with Gasteiger partial charge in [0.2, 0.25) is 0 Å². The molecule has 0 bridgehead atoms. The average Bonchev–Trinajstić information content (AvgIpc) is 2.55. The van der Waals surface area contributed by atoms with Crippen LogP contribution in [0, 0.1) is 0 Å². The molecule has 0 amide bonds. The van der Waals surface area contributed by atoms with Gasteiger partial charge in [0.05, 0.1) is 5.56 Å². The lowest BCUT2D eigenvalue weighted by Gasteiger charge is -2.08. The average molecular weight is 420 g/mol. The molecule has 0 spiro atoms. The van der Waals surface area contributed by atoms with Crippen molar-refractivity contribution in [3.63, 3.8) is 0 Å². The summed E-state index contributed by atoms with van der Waals surface area (Å²) < 4.78 is 37.6. The van der Waals surface area contributed by atoms with Gasteiger partial charge in [0.25, 0.3) is 0 Å². The number of halogens is 6. The molecule has 8 heteroatoms. The SMILES string of the molecule is Clc1cccc(Cl)n1.FC(F)(F)c1cccc(Cc2cccc(Cl)n2)c1. The summed E-state index contributed by atoms with van der Waals surface area (Å²) in [6, 6.07) is 15.4. The first kappa shape index (κ1) is 20.5. The van der Waals surface area contributed by atoms with Crippen LogP contribution in [0.25, 0.3) is 0 Å². The Kier molecular flexibility index (Phi) is 7.26. The van der Waals surface area contributed by atoms with Crippen molar-refractivity contribution in [3.8, 4) is 0 Å². The van der Waals surface area contributed by atoms with Crippen LogP contribution in [-0.2, 0) is 12.6 Å². The molecule has 0 unspecified atom stereocenters. The van der Waals surface area contributed by atoms with Gasteiger partial charge in [-0.1, -0.05) is 65.1 Å². The van der Waals surface area contributed by atoms with Crippen molar-refractivity contribution in [3.05, 3.63) is 92.9 Å². The first-order chi connectivity index (χ1) is 12.2. The summed E-state index contributed by atoms with van der Waals surface area (Å²) >= 11 is 16.6. The smallest absolute Gasteiger partial charge is 0.241 e. The van der Waals surface area contributed by atoms with E-state index < -0.39 is 11.7 Å². The Bertz CT molecular complexity index is 853. The molecule has 2 heterocycles.